The van der Waals surface area contributed by atoms with E-state index in [2.05, 4.69) is 14.7 Å². The summed E-state index contributed by atoms with van der Waals surface area (Å²) in [7, 11) is 0. The van der Waals surface area contributed by atoms with E-state index in [0.717, 1.165) is 0 Å². The predicted molar refractivity (Wildman–Crippen MR) is 52.2 cm³/mol. The maximum atomic E-state index is 10.5. The van der Waals surface area contributed by atoms with Crippen LogP contribution in [0, 0.1) is 0 Å². The Bertz CT molecular complexity index is 521. The van der Waals surface area contributed by atoms with Crippen molar-refractivity contribution in [1.29, 1.82) is 0 Å². The minimum absolute atomic E-state index is 0.115. The monoisotopic (exact) mass is 220 g/mol. The van der Waals surface area contributed by atoms with Crippen LogP contribution < -0.4 is 0 Å². The lowest BCUT2D eigenvalue weighted by molar-refractivity contribution is 0.0643. The van der Waals surface area contributed by atoms with Crippen molar-refractivity contribution >= 4 is 5.97 Å². The summed E-state index contributed by atoms with van der Waals surface area (Å²) in [6, 6.07) is 6.69. The molecule has 0 aliphatic carbocycles. The highest BCUT2D eigenvalue weighted by molar-refractivity contribution is 5.81. The SMILES string of the molecule is O=C(O)c1nc(Cc2ccccc2O)no1. The van der Waals surface area contributed by atoms with Gasteiger partial charge in [0.05, 0.1) is 0 Å². The molecular formula is C10H8N2O4. The van der Waals surface area contributed by atoms with Gasteiger partial charge in [-0.05, 0) is 6.07 Å². The Morgan fingerprint density at radius 1 is 1.38 bits per heavy atom. The first kappa shape index (κ1) is 10.2. The van der Waals surface area contributed by atoms with Crippen LogP contribution in [0.5, 0.6) is 5.75 Å². The second-order valence-electron chi connectivity index (χ2n) is 3.13. The van der Waals surface area contributed by atoms with Crippen LogP contribution >= 0.6 is 0 Å². The molecule has 0 saturated heterocycles. The van der Waals surface area contributed by atoms with Gasteiger partial charge in [0.15, 0.2) is 5.82 Å². The standard InChI is InChI=1S/C10H8N2O4/c13-7-4-2-1-3-6(7)5-8-11-9(10(14)15)16-12-8/h1-4,13H,5H2,(H,14,15). The molecule has 0 saturated carbocycles. The van der Waals surface area contributed by atoms with E-state index in [9.17, 15) is 9.90 Å². The molecule has 2 N–H and O–H groups in total. The van der Waals surface area contributed by atoms with E-state index in [1.165, 1.54) is 6.07 Å². The highest BCUT2D eigenvalue weighted by Crippen LogP contribution is 2.18. The topological polar surface area (TPSA) is 96.5 Å². The van der Waals surface area contributed by atoms with Crippen LogP contribution in [0.3, 0.4) is 0 Å². The molecule has 1 aromatic heterocycles. The molecule has 1 heterocycles. The van der Waals surface area contributed by atoms with E-state index in [1.54, 1.807) is 18.2 Å². The molecule has 0 aliphatic rings. The molecular weight excluding hydrogens is 212 g/mol. The van der Waals surface area contributed by atoms with Crippen LogP contribution in [-0.4, -0.2) is 26.3 Å². The third-order valence-electron chi connectivity index (χ3n) is 1.99. The lowest BCUT2D eigenvalue weighted by Crippen LogP contribution is -1.97. The van der Waals surface area contributed by atoms with Crippen LogP contribution in [0.4, 0.5) is 0 Å². The maximum Gasteiger partial charge on any atom is 0.394 e. The first-order valence-electron chi connectivity index (χ1n) is 4.49. The predicted octanol–water partition coefficient (Wildman–Crippen LogP) is 1.06. The molecule has 0 unspecified atom stereocenters. The zero-order valence-electron chi connectivity index (χ0n) is 8.12. The average Bonchev–Trinajstić information content (AvgIpc) is 2.70. The first-order valence-corrected chi connectivity index (χ1v) is 4.49. The van der Waals surface area contributed by atoms with Crippen LogP contribution in [-0.2, 0) is 6.42 Å². The second-order valence-corrected chi connectivity index (χ2v) is 3.13. The minimum Gasteiger partial charge on any atom is -0.508 e. The van der Waals surface area contributed by atoms with Gasteiger partial charge in [0.2, 0.25) is 0 Å². The number of aromatic carboxylic acids is 1. The number of hydrogen-bond acceptors (Lipinski definition) is 5. The van der Waals surface area contributed by atoms with Gasteiger partial charge in [0.1, 0.15) is 5.75 Å². The summed E-state index contributed by atoms with van der Waals surface area (Å²) in [6.45, 7) is 0. The number of hydrogen-bond donors (Lipinski definition) is 2. The normalized spacial score (nSPS) is 10.2. The highest BCUT2D eigenvalue weighted by Gasteiger charge is 2.14. The number of nitrogens with zero attached hydrogens (tertiary/aromatic N) is 2. The number of para-hydroxylation sites is 1. The fourth-order valence-electron chi connectivity index (χ4n) is 1.24. The molecule has 0 fully saturated rings. The summed E-state index contributed by atoms with van der Waals surface area (Å²) in [6.07, 6.45) is 0.226. The Morgan fingerprint density at radius 2 is 2.12 bits per heavy atom. The van der Waals surface area contributed by atoms with Crippen LogP contribution in [0.1, 0.15) is 22.1 Å². The van der Waals surface area contributed by atoms with Gasteiger partial charge in [-0.25, -0.2) is 4.79 Å². The van der Waals surface area contributed by atoms with E-state index in [4.69, 9.17) is 5.11 Å². The number of benzene rings is 1. The van der Waals surface area contributed by atoms with Crippen molar-refractivity contribution in [2.75, 3.05) is 0 Å². The lowest BCUT2D eigenvalue weighted by atomic mass is 10.1. The zero-order valence-corrected chi connectivity index (χ0v) is 8.12. The zero-order chi connectivity index (χ0) is 11.5. The van der Waals surface area contributed by atoms with E-state index < -0.39 is 11.9 Å². The fraction of sp³-hybridized carbons (Fsp3) is 0.100. The number of aromatic nitrogens is 2. The molecule has 2 aromatic rings. The van der Waals surface area contributed by atoms with Gasteiger partial charge in [0, 0.05) is 12.0 Å². The largest absolute Gasteiger partial charge is 0.508 e. The number of rotatable bonds is 3. The number of aromatic hydroxyl groups is 1. The van der Waals surface area contributed by atoms with Crippen molar-refractivity contribution in [2.45, 2.75) is 6.42 Å². The van der Waals surface area contributed by atoms with Crippen molar-refractivity contribution < 1.29 is 19.5 Å². The number of carboxylic acid groups (broad SMARTS) is 1. The van der Waals surface area contributed by atoms with E-state index in [0.29, 0.717) is 5.56 Å². The smallest absolute Gasteiger partial charge is 0.394 e. The Labute approximate surface area is 90.2 Å². The first-order chi connectivity index (χ1) is 7.66. The molecule has 6 nitrogen and oxygen atoms in total. The van der Waals surface area contributed by atoms with Gasteiger partial charge in [0.25, 0.3) is 0 Å². The summed E-state index contributed by atoms with van der Waals surface area (Å²) < 4.78 is 4.50. The Kier molecular flexibility index (Phi) is 2.55. The maximum absolute atomic E-state index is 10.5. The summed E-state index contributed by atoms with van der Waals surface area (Å²) in [5.41, 5.74) is 0.611. The van der Waals surface area contributed by atoms with E-state index in [-0.39, 0.29) is 18.0 Å². The highest BCUT2D eigenvalue weighted by atomic mass is 16.5. The van der Waals surface area contributed by atoms with Gasteiger partial charge in [-0.2, -0.15) is 4.98 Å². The Balaban J connectivity index is 2.21. The molecule has 0 amide bonds. The summed E-state index contributed by atoms with van der Waals surface area (Å²) in [5, 5.41) is 21.6. The number of carbonyl (C=O) groups is 1. The number of phenolic OH excluding ortho intramolecular Hbond substituents is 1. The van der Waals surface area contributed by atoms with E-state index >= 15 is 0 Å². The van der Waals surface area contributed by atoms with Crippen LogP contribution in [0.15, 0.2) is 28.8 Å². The molecule has 0 spiro atoms. The molecule has 0 radical (unpaired) electrons. The molecule has 16 heavy (non-hydrogen) atoms. The fourth-order valence-corrected chi connectivity index (χ4v) is 1.24. The van der Waals surface area contributed by atoms with Gasteiger partial charge in [-0.15, -0.1) is 0 Å². The third-order valence-corrected chi connectivity index (χ3v) is 1.99. The average molecular weight is 220 g/mol. The van der Waals surface area contributed by atoms with Crippen molar-refractivity contribution in [1.82, 2.24) is 10.1 Å². The van der Waals surface area contributed by atoms with Crippen molar-refractivity contribution in [3.8, 4) is 5.75 Å². The molecule has 0 bridgehead atoms. The number of phenols is 1. The summed E-state index contributed by atoms with van der Waals surface area (Å²) >= 11 is 0. The van der Waals surface area contributed by atoms with Gasteiger partial charge >= 0.3 is 11.9 Å². The number of carboxylic acids is 1. The summed E-state index contributed by atoms with van der Waals surface area (Å²) in [4.78, 5) is 14.1. The van der Waals surface area contributed by atoms with Crippen molar-refractivity contribution in [2.24, 2.45) is 0 Å². The van der Waals surface area contributed by atoms with Gasteiger partial charge < -0.3 is 14.7 Å². The molecule has 0 aliphatic heterocycles. The lowest BCUT2D eigenvalue weighted by Gasteiger charge is -1.99. The molecule has 0 atom stereocenters. The van der Waals surface area contributed by atoms with Crippen molar-refractivity contribution in [3.63, 3.8) is 0 Å². The molecule has 82 valence electrons. The minimum atomic E-state index is -1.27. The van der Waals surface area contributed by atoms with Crippen LogP contribution in [0.25, 0.3) is 0 Å². The van der Waals surface area contributed by atoms with Crippen LogP contribution in [0.2, 0.25) is 0 Å². The van der Waals surface area contributed by atoms with Crippen molar-refractivity contribution in [3.05, 3.63) is 41.5 Å². The third kappa shape index (κ3) is 2.00. The quantitative estimate of drug-likeness (QED) is 0.802. The molecule has 1 aromatic carbocycles. The second kappa shape index (κ2) is 4.01. The van der Waals surface area contributed by atoms with Gasteiger partial charge in [-0.3, -0.25) is 0 Å². The summed E-state index contributed by atoms with van der Waals surface area (Å²) in [5.74, 6) is -1.38. The van der Waals surface area contributed by atoms with E-state index in [1.807, 2.05) is 0 Å². The Hall–Kier alpha value is -2.37. The molecule has 2 rings (SSSR count). The molecule has 6 heteroatoms. The Morgan fingerprint density at radius 3 is 2.75 bits per heavy atom. The van der Waals surface area contributed by atoms with Gasteiger partial charge in [-0.1, -0.05) is 23.4 Å².